The number of ether oxygens (including phenoxy) is 8. The minimum Gasteiger partial charge on any atom is -0.458 e. The maximum atomic E-state index is 13.9. The van der Waals surface area contributed by atoms with Gasteiger partial charge in [0, 0.05) is 57.8 Å². The lowest BCUT2D eigenvalue weighted by Crippen LogP contribution is -2.60. The lowest BCUT2D eigenvalue weighted by atomic mass is 9.79. The Labute approximate surface area is 531 Å². The van der Waals surface area contributed by atoms with Crippen molar-refractivity contribution in [3.63, 3.8) is 0 Å². The number of allylic oxidation sites excluding steroid dienone is 2. The number of nitrogens with zero attached hydrogens (tertiary/aromatic N) is 2. The van der Waals surface area contributed by atoms with Crippen molar-refractivity contribution in [2.45, 2.75) is 282 Å². The van der Waals surface area contributed by atoms with E-state index >= 15 is 0 Å². The van der Waals surface area contributed by atoms with E-state index < -0.39 is 67.2 Å². The van der Waals surface area contributed by atoms with Crippen LogP contribution in [-0.4, -0.2) is 128 Å². The van der Waals surface area contributed by atoms with E-state index in [4.69, 9.17) is 65.5 Å². The third kappa shape index (κ3) is 18.9. The summed E-state index contributed by atoms with van der Waals surface area (Å²) in [5.41, 5.74) is 8.81. The molecule has 0 radical (unpaired) electrons. The van der Waals surface area contributed by atoms with Gasteiger partial charge in [-0.25, -0.2) is 14.8 Å². The molecule has 0 amide bonds. The first kappa shape index (κ1) is 71.6. The Bertz CT molecular complexity index is 2770. The van der Waals surface area contributed by atoms with Gasteiger partial charge in [0.05, 0.1) is 68.0 Å². The van der Waals surface area contributed by atoms with Gasteiger partial charge in [-0.15, -0.1) is 11.5 Å². The molecule has 0 unspecified atom stereocenters. The topological polar surface area (TPSA) is 161 Å². The summed E-state index contributed by atoms with van der Waals surface area (Å²) in [7, 11) is -2.88. The molecular weight excluding hydrogens is 1160 g/mol. The highest BCUT2D eigenvalue weighted by atomic mass is 28.4. The number of carbonyl (C=O) groups excluding carboxylic acids is 1. The SMILES string of the molecule is C=C1C[C@@H]2C[C@@H]3CCO[C@@H](O3)c3coc(n3)/C=C/C[C@H]3O[C@@H](/C(C)=C/c4coc(C[C@]5(O[Si](CC)(CC)CC)C[C@H](OC)C[C@H]([C@@H](/C=C(C)/C=C/[C@@H](CC#C[Si](C)(C)C)OC)O[Si](C(C)C)(C(C)C)C(C)C)O5)n4)[C@H](C)[C@@H](OC(=O)/C=C\C[C@@H](C1)O2)[C@H]3C. The van der Waals surface area contributed by atoms with Crippen molar-refractivity contribution in [2.24, 2.45) is 11.8 Å². The molecule has 7 rings (SSSR count). The van der Waals surface area contributed by atoms with Crippen molar-refractivity contribution >= 4 is 42.8 Å². The molecule has 4 fully saturated rings. The third-order valence-electron chi connectivity index (χ3n) is 19.1. The first-order valence-corrected chi connectivity index (χ1v) is 41.3. The number of carbonyl (C=O) groups is 1. The molecule has 0 spiro atoms. The molecule has 0 aromatic carbocycles. The van der Waals surface area contributed by atoms with E-state index in [-0.39, 0.29) is 54.9 Å². The summed E-state index contributed by atoms with van der Waals surface area (Å²) in [5, 5.41) is 0. The van der Waals surface area contributed by atoms with Gasteiger partial charge < -0.3 is 55.6 Å². The van der Waals surface area contributed by atoms with Gasteiger partial charge in [0.15, 0.2) is 20.0 Å². The van der Waals surface area contributed by atoms with E-state index in [0.717, 1.165) is 54.1 Å². The van der Waals surface area contributed by atoms with Crippen LogP contribution in [0, 0.1) is 23.3 Å². The number of aromatic nitrogens is 2. The van der Waals surface area contributed by atoms with Gasteiger partial charge in [0.2, 0.25) is 20.5 Å². The van der Waals surface area contributed by atoms with Crippen molar-refractivity contribution in [2.75, 3.05) is 20.8 Å². The lowest BCUT2D eigenvalue weighted by Gasteiger charge is -2.51. The van der Waals surface area contributed by atoms with E-state index in [2.05, 4.69) is 139 Å². The van der Waals surface area contributed by atoms with Crippen LogP contribution in [0.1, 0.15) is 177 Å². The van der Waals surface area contributed by atoms with Crippen LogP contribution < -0.4 is 0 Å². The molecule has 8 bridgehead atoms. The molecule has 5 aliphatic heterocycles. The molecule has 5 aliphatic rings. The molecule has 15 nitrogen and oxygen atoms in total. The fourth-order valence-electron chi connectivity index (χ4n) is 14.3. The van der Waals surface area contributed by atoms with Crippen LogP contribution in [0.15, 0.2) is 81.1 Å². The third-order valence-corrected chi connectivity index (χ3v) is 30.8. The Hall–Kier alpha value is -3.82. The lowest BCUT2D eigenvalue weighted by molar-refractivity contribution is -0.276. The molecule has 0 aliphatic carbocycles. The van der Waals surface area contributed by atoms with Gasteiger partial charge in [-0.1, -0.05) is 144 Å². The molecule has 88 heavy (non-hydrogen) atoms. The predicted octanol–water partition coefficient (Wildman–Crippen LogP) is 16.2. The highest BCUT2D eigenvalue weighted by Gasteiger charge is 2.53. The van der Waals surface area contributed by atoms with Gasteiger partial charge in [-0.05, 0) is 98.4 Å². The highest BCUT2D eigenvalue weighted by molar-refractivity contribution is 6.83. The molecule has 490 valence electrons. The summed E-state index contributed by atoms with van der Waals surface area (Å²) in [4.78, 5) is 23.8. The first-order chi connectivity index (χ1) is 41.8. The Morgan fingerprint density at radius 1 is 0.864 bits per heavy atom. The van der Waals surface area contributed by atoms with Crippen molar-refractivity contribution in [3.05, 3.63) is 95.4 Å². The van der Waals surface area contributed by atoms with Gasteiger partial charge in [0.25, 0.3) is 0 Å². The van der Waals surface area contributed by atoms with Crippen LogP contribution in [0.25, 0.3) is 12.2 Å². The zero-order chi connectivity index (χ0) is 64.1. The first-order valence-electron chi connectivity index (χ1n) is 33.1. The summed E-state index contributed by atoms with van der Waals surface area (Å²) in [6.45, 7) is 40.8. The zero-order valence-electron chi connectivity index (χ0n) is 56.8. The van der Waals surface area contributed by atoms with Crippen molar-refractivity contribution in [1.82, 2.24) is 9.97 Å². The van der Waals surface area contributed by atoms with E-state index in [1.54, 1.807) is 32.8 Å². The van der Waals surface area contributed by atoms with Crippen LogP contribution in [0.2, 0.25) is 54.4 Å². The minimum absolute atomic E-state index is 0.0576. The Kier molecular flexibility index (Phi) is 26.2. The Balaban J connectivity index is 1.20. The van der Waals surface area contributed by atoms with Crippen LogP contribution in [0.5, 0.6) is 0 Å². The summed E-state index contributed by atoms with van der Waals surface area (Å²) in [6, 6.07) is 2.76. The molecule has 14 atom stereocenters. The van der Waals surface area contributed by atoms with E-state index in [1.807, 2.05) is 31.2 Å². The number of esters is 1. The Morgan fingerprint density at radius 2 is 1.57 bits per heavy atom. The number of rotatable bonds is 21. The second-order valence-corrected chi connectivity index (χ2v) is 42.6. The van der Waals surface area contributed by atoms with Crippen LogP contribution in [0.3, 0.4) is 0 Å². The number of hydrogen-bond acceptors (Lipinski definition) is 15. The maximum absolute atomic E-state index is 13.9. The fraction of sp³-hybridized carbons (Fsp3) is 0.700. The molecule has 0 N–H and O–H groups in total. The standard InChI is InChI=1S/C70H110N2O13Si3/c1-20-87(21-2,22-3)85-70(42-59(75-16)41-62(83-70)63(84-88(46(4)5,47(6)7)48(8)9)38-49(10)31-32-55(74-15)27-25-35-86(17,18)19)43-65-71-54(44-77-65)39-51(12)67-53(14)68-52(13)61(81-67)28-24-29-64-72-60(45-78-64)69-76-34-33-57(80-69)40-58-37-50(11)36-56(79-58)26-23-30-66(73)82-68/h23-24,29-32,38-39,44-48,52-53,55-59,61-63,67-69H,11,20-22,26-28,33-34,36-37,40-43H2,1-10,12-19H3/b29-24+,30-23-,32-31+,49-38+,51-39+/t52-,53-,55+,56-,57-,58+,59+,61+,62+,63+,67-,68-,69-,70+/m0/s1. The highest BCUT2D eigenvalue weighted by Crippen LogP contribution is 2.47. The van der Waals surface area contributed by atoms with E-state index in [9.17, 15) is 4.79 Å². The normalized spacial score (nSPS) is 30.6. The quantitative estimate of drug-likeness (QED) is 0.0381. The maximum Gasteiger partial charge on any atom is 0.330 e. The van der Waals surface area contributed by atoms with Gasteiger partial charge in [-0.2, -0.15) is 0 Å². The van der Waals surface area contributed by atoms with Gasteiger partial charge >= 0.3 is 5.97 Å². The molecule has 18 heteroatoms. The minimum atomic E-state index is -2.50. The van der Waals surface area contributed by atoms with Gasteiger partial charge in [-0.3, -0.25) is 0 Å². The predicted molar refractivity (Wildman–Crippen MR) is 356 cm³/mol. The van der Waals surface area contributed by atoms with Crippen LogP contribution in [0.4, 0.5) is 0 Å². The van der Waals surface area contributed by atoms with Crippen molar-refractivity contribution in [3.8, 4) is 11.5 Å². The summed E-state index contributed by atoms with van der Waals surface area (Å²) in [5.74, 6) is 2.41. The smallest absolute Gasteiger partial charge is 0.330 e. The largest absolute Gasteiger partial charge is 0.458 e. The number of oxazole rings is 2. The van der Waals surface area contributed by atoms with Gasteiger partial charge in [0.1, 0.15) is 38.1 Å². The zero-order valence-corrected chi connectivity index (χ0v) is 59.8. The molecule has 7 heterocycles. The number of methoxy groups -OCH3 is 2. The van der Waals surface area contributed by atoms with Crippen molar-refractivity contribution in [1.29, 1.82) is 0 Å². The second-order valence-electron chi connectivity index (χ2n) is 27.8. The molecular formula is C70H110N2O13Si3. The van der Waals surface area contributed by atoms with E-state index in [1.165, 1.54) is 0 Å². The van der Waals surface area contributed by atoms with E-state index in [0.29, 0.717) is 84.9 Å². The monoisotopic (exact) mass is 1270 g/mol. The molecule has 4 saturated heterocycles. The average Bonchev–Trinajstić information content (AvgIpc) is 1.75. The fourth-order valence-corrected chi connectivity index (χ4v) is 23.4. The second kappa shape index (κ2) is 32.2. The Morgan fingerprint density at radius 3 is 2.24 bits per heavy atom. The molecule has 2 aromatic heterocycles. The summed E-state index contributed by atoms with van der Waals surface area (Å²) >= 11 is 0. The molecule has 0 saturated carbocycles. The number of fused-ring (bicyclic) bond motifs is 9. The van der Waals surface area contributed by atoms with Crippen LogP contribution >= 0.6 is 0 Å². The van der Waals surface area contributed by atoms with Crippen LogP contribution in [-0.2, 0) is 58.0 Å². The summed E-state index contributed by atoms with van der Waals surface area (Å²) in [6.07, 6.45) is 21.8. The summed E-state index contributed by atoms with van der Waals surface area (Å²) < 4.78 is 80.5. The van der Waals surface area contributed by atoms with Crippen molar-refractivity contribution < 1.29 is 60.4 Å². The molecule has 2 aromatic rings. The average molecular weight is 1270 g/mol. The number of hydrogen-bond donors (Lipinski definition) is 0.